The van der Waals surface area contributed by atoms with Crippen molar-refractivity contribution in [2.24, 2.45) is 0 Å². The normalized spacial score (nSPS) is 12.5. The summed E-state index contributed by atoms with van der Waals surface area (Å²) in [4.78, 5) is 33.0. The number of pyridine rings is 2. The van der Waals surface area contributed by atoms with Crippen LogP contribution < -0.4 is 15.8 Å². The van der Waals surface area contributed by atoms with Crippen LogP contribution in [-0.2, 0) is 10.8 Å². The predicted molar refractivity (Wildman–Crippen MR) is 294 cm³/mol. The topological polar surface area (TPSA) is 51.7 Å². The molecule has 0 amide bonds. The molecule has 0 saturated carbocycles. The van der Waals surface area contributed by atoms with E-state index in [1.54, 1.807) is 0 Å². The van der Waals surface area contributed by atoms with Crippen molar-refractivity contribution in [1.82, 2.24) is 13.5 Å². The molecule has 9 aromatic carbocycles. The molecule has 4 aromatic heterocycles. The van der Waals surface area contributed by atoms with Crippen LogP contribution >= 0.6 is 0 Å². The molecule has 0 N–H and O–H groups in total. The van der Waals surface area contributed by atoms with Crippen molar-refractivity contribution in [3.8, 4) is 11.4 Å². The molecule has 13 aromatic rings. The van der Waals surface area contributed by atoms with Crippen molar-refractivity contribution in [1.29, 1.82) is 0 Å². The molecule has 0 aliphatic carbocycles. The summed E-state index contributed by atoms with van der Waals surface area (Å²) in [5, 5.41) is 6.70. The molecular formula is C64H50N4O2. The van der Waals surface area contributed by atoms with Gasteiger partial charge < -0.3 is 18.4 Å². The second-order valence-corrected chi connectivity index (χ2v) is 20.9. The SMILES string of the molecule is CC(C)(C)c1ccc2c(c1)c(=O)c1cc(-n3c4ccccc4c4ccc5c6ccccc6n(-c6ccc(N(c7ccccc7)c7ccccc7)cc6)c5c43)cc3c(=O)c4cc(C(C)(C)C)ccc4n2c13. The molecule has 0 unspecified atom stereocenters. The van der Waals surface area contributed by atoms with Crippen molar-refractivity contribution in [3.63, 3.8) is 0 Å². The molecule has 338 valence electrons. The first-order valence-electron chi connectivity index (χ1n) is 24.2. The Hall–Kier alpha value is -8.48. The standard InChI is InChI=1S/C64H50N4O2/c1-63(2,3)39-25-33-56-50(35-39)61(69)52-37-45(38-53-58(52)68(56)57-34-26-40(64(4,5)6)36-51(57)62(53)70)67-55-24-16-14-22-47(55)49-32-31-48-46-21-13-15-23-54(46)66(59(48)60(49)67)44-29-27-43(28-30-44)65(41-17-9-7-10-18-41)42-19-11-8-12-20-42/h7-38H,1-6H3. The van der Waals surface area contributed by atoms with Crippen LogP contribution in [0.1, 0.15) is 52.7 Å². The lowest BCUT2D eigenvalue weighted by molar-refractivity contribution is 0.591. The molecule has 6 heteroatoms. The van der Waals surface area contributed by atoms with Gasteiger partial charge in [0.2, 0.25) is 0 Å². The number of para-hydroxylation sites is 4. The molecular weight excluding hydrogens is 857 g/mol. The summed E-state index contributed by atoms with van der Waals surface area (Å²) in [6.45, 7) is 13.1. The third-order valence-corrected chi connectivity index (χ3v) is 14.6. The van der Waals surface area contributed by atoms with E-state index in [1.165, 1.54) is 0 Å². The summed E-state index contributed by atoms with van der Waals surface area (Å²) in [5.41, 5.74) is 12.9. The first-order chi connectivity index (χ1) is 33.8. The van der Waals surface area contributed by atoms with Crippen molar-refractivity contribution in [3.05, 3.63) is 226 Å². The molecule has 0 aliphatic heterocycles. The highest BCUT2D eigenvalue weighted by Crippen LogP contribution is 2.44. The van der Waals surface area contributed by atoms with Crippen LogP contribution in [0.3, 0.4) is 0 Å². The van der Waals surface area contributed by atoms with Crippen molar-refractivity contribution in [2.45, 2.75) is 52.4 Å². The summed E-state index contributed by atoms with van der Waals surface area (Å²) in [5.74, 6) is 0. The maximum absolute atomic E-state index is 15.3. The quantitative estimate of drug-likeness (QED) is 0.128. The van der Waals surface area contributed by atoms with E-state index in [1.807, 2.05) is 24.3 Å². The molecule has 0 saturated heterocycles. The summed E-state index contributed by atoms with van der Waals surface area (Å²) in [7, 11) is 0. The maximum Gasteiger partial charge on any atom is 0.197 e. The molecule has 70 heavy (non-hydrogen) atoms. The Balaban J connectivity index is 1.14. The van der Waals surface area contributed by atoms with E-state index in [9.17, 15) is 0 Å². The fourth-order valence-corrected chi connectivity index (χ4v) is 11.1. The number of aromatic nitrogens is 3. The minimum absolute atomic E-state index is 0.0850. The lowest BCUT2D eigenvalue weighted by Crippen LogP contribution is -2.18. The van der Waals surface area contributed by atoms with Crippen molar-refractivity contribution < 1.29 is 0 Å². The average Bonchev–Trinajstić information content (AvgIpc) is 3.89. The van der Waals surface area contributed by atoms with E-state index in [0.717, 1.165) is 94.2 Å². The van der Waals surface area contributed by atoms with Gasteiger partial charge in [0, 0.05) is 71.5 Å². The number of anilines is 3. The summed E-state index contributed by atoms with van der Waals surface area (Å²) in [6.07, 6.45) is 0. The Labute approximate surface area is 404 Å². The maximum atomic E-state index is 15.3. The molecule has 4 heterocycles. The smallest absolute Gasteiger partial charge is 0.197 e. The van der Waals surface area contributed by atoms with Crippen molar-refractivity contribution in [2.75, 3.05) is 4.90 Å². The molecule has 13 rings (SSSR count). The monoisotopic (exact) mass is 906 g/mol. The largest absolute Gasteiger partial charge is 0.311 e. The molecule has 0 bridgehead atoms. The average molecular weight is 907 g/mol. The van der Waals surface area contributed by atoms with Gasteiger partial charge in [-0.15, -0.1) is 0 Å². The van der Waals surface area contributed by atoms with Crippen LogP contribution in [0.15, 0.2) is 204 Å². The Morgan fingerprint density at radius 2 is 0.743 bits per heavy atom. The zero-order valence-corrected chi connectivity index (χ0v) is 40.1. The minimum Gasteiger partial charge on any atom is -0.311 e. The fraction of sp³-hybridized carbons (Fsp3) is 0.125. The highest BCUT2D eigenvalue weighted by atomic mass is 16.1. The third-order valence-electron chi connectivity index (χ3n) is 14.6. The Morgan fingerprint density at radius 3 is 1.20 bits per heavy atom. The van der Waals surface area contributed by atoms with Gasteiger partial charge in [0.25, 0.3) is 0 Å². The van der Waals surface area contributed by atoms with Crippen molar-refractivity contribution >= 4 is 98.8 Å². The van der Waals surface area contributed by atoms with Gasteiger partial charge in [0.05, 0.1) is 38.6 Å². The van der Waals surface area contributed by atoms with Gasteiger partial charge in [0.1, 0.15) is 0 Å². The number of hydrogen-bond donors (Lipinski definition) is 0. The van der Waals surface area contributed by atoms with Crippen LogP contribution in [0.25, 0.3) is 93.1 Å². The van der Waals surface area contributed by atoms with E-state index < -0.39 is 0 Å². The second-order valence-electron chi connectivity index (χ2n) is 20.9. The Bertz CT molecular complexity index is 4240. The van der Waals surface area contributed by atoms with Crippen LogP contribution in [0.4, 0.5) is 17.1 Å². The van der Waals surface area contributed by atoms with Crippen LogP contribution in [0.2, 0.25) is 0 Å². The fourth-order valence-electron chi connectivity index (χ4n) is 11.1. The molecule has 0 fully saturated rings. The van der Waals surface area contributed by atoms with Crippen LogP contribution in [0, 0.1) is 0 Å². The highest BCUT2D eigenvalue weighted by Gasteiger charge is 2.26. The first kappa shape index (κ1) is 41.7. The molecule has 0 radical (unpaired) electrons. The number of hydrogen-bond acceptors (Lipinski definition) is 3. The zero-order valence-electron chi connectivity index (χ0n) is 40.1. The Kier molecular flexibility index (Phi) is 8.94. The minimum atomic E-state index is -0.184. The number of fused-ring (bicyclic) bond motifs is 11. The molecule has 0 spiro atoms. The Morgan fingerprint density at radius 1 is 0.329 bits per heavy atom. The predicted octanol–water partition coefficient (Wildman–Crippen LogP) is 15.8. The van der Waals surface area contributed by atoms with Gasteiger partial charge in [-0.2, -0.15) is 0 Å². The van der Waals surface area contributed by atoms with E-state index in [4.69, 9.17) is 0 Å². The van der Waals surface area contributed by atoms with Gasteiger partial charge in [-0.25, -0.2) is 0 Å². The van der Waals surface area contributed by atoms with E-state index in [0.29, 0.717) is 27.1 Å². The summed E-state index contributed by atoms with van der Waals surface area (Å²) < 4.78 is 6.85. The van der Waals surface area contributed by atoms with Crippen LogP contribution in [-0.4, -0.2) is 13.5 Å². The van der Waals surface area contributed by atoms with Gasteiger partial charge in [-0.1, -0.05) is 139 Å². The second kappa shape index (κ2) is 15.0. The van der Waals surface area contributed by atoms with Gasteiger partial charge >= 0.3 is 0 Å². The van der Waals surface area contributed by atoms with Gasteiger partial charge in [-0.05, 0) is 119 Å². The van der Waals surface area contributed by atoms with E-state index in [-0.39, 0.29) is 21.7 Å². The lowest BCUT2D eigenvalue weighted by Gasteiger charge is -2.25. The summed E-state index contributed by atoms with van der Waals surface area (Å²) in [6, 6.07) is 68.0. The molecule has 0 atom stereocenters. The first-order valence-corrected chi connectivity index (χ1v) is 24.2. The third kappa shape index (κ3) is 6.12. The van der Waals surface area contributed by atoms with Gasteiger partial charge in [-0.3, -0.25) is 9.59 Å². The number of rotatable bonds is 5. The molecule has 6 nitrogen and oxygen atoms in total. The zero-order chi connectivity index (χ0) is 47.8. The molecule has 0 aliphatic rings. The van der Waals surface area contributed by atoms with Crippen LogP contribution in [0.5, 0.6) is 0 Å². The highest BCUT2D eigenvalue weighted by molar-refractivity contribution is 6.24. The number of nitrogens with zero attached hydrogens (tertiary/aromatic N) is 4. The summed E-state index contributed by atoms with van der Waals surface area (Å²) >= 11 is 0. The lowest BCUT2D eigenvalue weighted by atomic mass is 9.85. The van der Waals surface area contributed by atoms with E-state index in [2.05, 4.69) is 230 Å². The number of benzene rings is 9. The van der Waals surface area contributed by atoms with Gasteiger partial charge in [0.15, 0.2) is 10.9 Å². The van der Waals surface area contributed by atoms with E-state index >= 15 is 9.59 Å².